The maximum Gasteiger partial charge on any atom is 0.311 e. The smallest absolute Gasteiger partial charge is 0.311 e. The summed E-state index contributed by atoms with van der Waals surface area (Å²) in [6.07, 6.45) is 2.53. The SMILES string of the molecule is Cc1ccc([N+](=O)[O-])c(NCCN(C)C2CC2)n1. The Balaban J connectivity index is 1.94. The fourth-order valence-corrected chi connectivity index (χ4v) is 1.88. The molecule has 1 aliphatic carbocycles. The van der Waals surface area contributed by atoms with Gasteiger partial charge in [-0.3, -0.25) is 10.1 Å². The standard InChI is InChI=1S/C12H18N4O2/c1-9-3-6-11(16(17)18)12(14-9)13-7-8-15(2)10-4-5-10/h3,6,10H,4-5,7-8H2,1-2H3,(H,13,14). The van der Waals surface area contributed by atoms with Crippen molar-refractivity contribution in [2.24, 2.45) is 0 Å². The summed E-state index contributed by atoms with van der Waals surface area (Å²) in [7, 11) is 2.08. The van der Waals surface area contributed by atoms with Crippen molar-refractivity contribution in [2.45, 2.75) is 25.8 Å². The van der Waals surface area contributed by atoms with Gasteiger partial charge in [-0.1, -0.05) is 0 Å². The molecule has 2 rings (SSSR count). The first-order valence-corrected chi connectivity index (χ1v) is 6.14. The van der Waals surface area contributed by atoms with Crippen LogP contribution in [-0.4, -0.2) is 41.0 Å². The summed E-state index contributed by atoms with van der Waals surface area (Å²) >= 11 is 0. The first-order valence-electron chi connectivity index (χ1n) is 6.14. The Labute approximate surface area is 106 Å². The molecule has 1 N–H and O–H groups in total. The molecular formula is C12H18N4O2. The lowest BCUT2D eigenvalue weighted by molar-refractivity contribution is -0.384. The third-order valence-electron chi connectivity index (χ3n) is 3.14. The third-order valence-corrected chi connectivity index (χ3v) is 3.14. The lowest BCUT2D eigenvalue weighted by Gasteiger charge is -2.16. The minimum absolute atomic E-state index is 0.0367. The fourth-order valence-electron chi connectivity index (χ4n) is 1.88. The van der Waals surface area contributed by atoms with E-state index in [1.54, 1.807) is 6.07 Å². The Hall–Kier alpha value is -1.69. The zero-order valence-corrected chi connectivity index (χ0v) is 10.7. The molecule has 0 aliphatic heterocycles. The number of nitro groups is 1. The van der Waals surface area contributed by atoms with Crippen LogP contribution in [0.2, 0.25) is 0 Å². The van der Waals surface area contributed by atoms with E-state index in [4.69, 9.17) is 0 Å². The van der Waals surface area contributed by atoms with Crippen LogP contribution in [-0.2, 0) is 0 Å². The molecule has 1 aliphatic rings. The highest BCUT2D eigenvalue weighted by Gasteiger charge is 2.25. The monoisotopic (exact) mass is 250 g/mol. The number of aryl methyl sites for hydroxylation is 1. The van der Waals surface area contributed by atoms with E-state index < -0.39 is 4.92 Å². The summed E-state index contributed by atoms with van der Waals surface area (Å²) in [6, 6.07) is 3.85. The summed E-state index contributed by atoms with van der Waals surface area (Å²) in [5, 5.41) is 13.9. The quantitative estimate of drug-likeness (QED) is 0.615. The average Bonchev–Trinajstić information content (AvgIpc) is 3.12. The molecule has 1 heterocycles. The van der Waals surface area contributed by atoms with E-state index in [0.29, 0.717) is 18.4 Å². The lowest BCUT2D eigenvalue weighted by atomic mass is 10.3. The Morgan fingerprint density at radius 1 is 1.56 bits per heavy atom. The van der Waals surface area contributed by atoms with Gasteiger partial charge in [-0.25, -0.2) is 4.98 Å². The zero-order valence-electron chi connectivity index (χ0n) is 10.7. The van der Waals surface area contributed by atoms with E-state index in [1.807, 2.05) is 6.92 Å². The minimum Gasteiger partial charge on any atom is -0.363 e. The lowest BCUT2D eigenvalue weighted by Crippen LogP contribution is -2.27. The number of hydrogen-bond donors (Lipinski definition) is 1. The Bertz CT molecular complexity index is 446. The van der Waals surface area contributed by atoms with Gasteiger partial charge in [-0.2, -0.15) is 0 Å². The van der Waals surface area contributed by atoms with Gasteiger partial charge in [0.15, 0.2) is 0 Å². The zero-order chi connectivity index (χ0) is 13.1. The van der Waals surface area contributed by atoms with E-state index in [1.165, 1.54) is 18.9 Å². The van der Waals surface area contributed by atoms with Gasteiger partial charge in [0, 0.05) is 30.9 Å². The van der Waals surface area contributed by atoms with Crippen LogP contribution in [0.15, 0.2) is 12.1 Å². The van der Waals surface area contributed by atoms with Gasteiger partial charge in [0.1, 0.15) is 0 Å². The predicted octanol–water partition coefficient (Wildman–Crippen LogP) is 1.80. The molecule has 98 valence electrons. The van der Waals surface area contributed by atoms with E-state index in [0.717, 1.165) is 12.2 Å². The second-order valence-electron chi connectivity index (χ2n) is 4.72. The van der Waals surface area contributed by atoms with E-state index in [2.05, 4.69) is 22.2 Å². The Morgan fingerprint density at radius 2 is 2.28 bits per heavy atom. The minimum atomic E-state index is -0.403. The topological polar surface area (TPSA) is 71.3 Å². The molecule has 0 aromatic carbocycles. The van der Waals surface area contributed by atoms with Crippen LogP contribution in [0.5, 0.6) is 0 Å². The molecule has 0 radical (unpaired) electrons. The van der Waals surface area contributed by atoms with Crippen molar-refractivity contribution >= 4 is 11.5 Å². The molecule has 18 heavy (non-hydrogen) atoms. The number of hydrogen-bond acceptors (Lipinski definition) is 5. The normalized spacial score (nSPS) is 14.8. The number of anilines is 1. The van der Waals surface area contributed by atoms with Crippen molar-refractivity contribution in [1.29, 1.82) is 0 Å². The number of rotatable bonds is 6. The average molecular weight is 250 g/mol. The molecule has 0 atom stereocenters. The second-order valence-corrected chi connectivity index (χ2v) is 4.72. The van der Waals surface area contributed by atoms with Crippen molar-refractivity contribution in [1.82, 2.24) is 9.88 Å². The van der Waals surface area contributed by atoms with Crippen LogP contribution in [0.4, 0.5) is 11.5 Å². The highest BCUT2D eigenvalue weighted by molar-refractivity contribution is 5.56. The van der Waals surface area contributed by atoms with Gasteiger partial charge < -0.3 is 10.2 Å². The number of likely N-dealkylation sites (N-methyl/N-ethyl adjacent to an activating group) is 1. The summed E-state index contributed by atoms with van der Waals surface area (Å²) in [5.41, 5.74) is 0.813. The van der Waals surface area contributed by atoms with Crippen LogP contribution in [0.25, 0.3) is 0 Å². The first-order chi connectivity index (χ1) is 8.58. The van der Waals surface area contributed by atoms with Crippen molar-refractivity contribution in [3.05, 3.63) is 27.9 Å². The number of pyridine rings is 1. The molecule has 6 nitrogen and oxygen atoms in total. The molecule has 1 aromatic rings. The molecule has 0 saturated heterocycles. The van der Waals surface area contributed by atoms with Crippen molar-refractivity contribution in [2.75, 3.05) is 25.5 Å². The number of nitrogens with zero attached hydrogens (tertiary/aromatic N) is 3. The maximum absolute atomic E-state index is 10.9. The number of aromatic nitrogens is 1. The highest BCUT2D eigenvalue weighted by Crippen LogP contribution is 2.25. The maximum atomic E-state index is 10.9. The summed E-state index contributed by atoms with van der Waals surface area (Å²) in [5.74, 6) is 0.365. The largest absolute Gasteiger partial charge is 0.363 e. The Kier molecular flexibility index (Phi) is 3.76. The van der Waals surface area contributed by atoms with Gasteiger partial charge in [0.05, 0.1) is 4.92 Å². The van der Waals surface area contributed by atoms with Gasteiger partial charge in [0.2, 0.25) is 5.82 Å². The fraction of sp³-hybridized carbons (Fsp3) is 0.583. The van der Waals surface area contributed by atoms with Gasteiger partial charge in [-0.15, -0.1) is 0 Å². The van der Waals surface area contributed by atoms with Crippen molar-refractivity contribution < 1.29 is 4.92 Å². The second kappa shape index (κ2) is 5.30. The molecule has 0 amide bonds. The van der Waals surface area contributed by atoms with E-state index in [9.17, 15) is 10.1 Å². The van der Waals surface area contributed by atoms with E-state index >= 15 is 0 Å². The molecule has 1 saturated carbocycles. The first kappa shape index (κ1) is 12.8. The molecule has 1 fully saturated rings. The molecule has 6 heteroatoms. The summed E-state index contributed by atoms with van der Waals surface area (Å²) < 4.78 is 0. The van der Waals surface area contributed by atoms with Crippen LogP contribution >= 0.6 is 0 Å². The molecule has 0 bridgehead atoms. The van der Waals surface area contributed by atoms with Crippen LogP contribution in [0.3, 0.4) is 0 Å². The summed E-state index contributed by atoms with van der Waals surface area (Å²) in [6.45, 7) is 3.37. The van der Waals surface area contributed by atoms with Crippen molar-refractivity contribution in [3.63, 3.8) is 0 Å². The molecular weight excluding hydrogens is 232 g/mol. The van der Waals surface area contributed by atoms with Crippen molar-refractivity contribution in [3.8, 4) is 0 Å². The Morgan fingerprint density at radius 3 is 2.89 bits per heavy atom. The molecule has 1 aromatic heterocycles. The van der Waals surface area contributed by atoms with Gasteiger partial charge in [-0.05, 0) is 32.9 Å². The van der Waals surface area contributed by atoms with Gasteiger partial charge in [0.25, 0.3) is 0 Å². The number of nitrogens with one attached hydrogen (secondary N) is 1. The van der Waals surface area contributed by atoms with Crippen LogP contribution in [0, 0.1) is 17.0 Å². The van der Waals surface area contributed by atoms with Gasteiger partial charge >= 0.3 is 5.69 Å². The highest BCUT2D eigenvalue weighted by atomic mass is 16.6. The van der Waals surface area contributed by atoms with E-state index in [-0.39, 0.29) is 5.69 Å². The molecule has 0 unspecified atom stereocenters. The predicted molar refractivity (Wildman–Crippen MR) is 69.8 cm³/mol. The molecule has 0 spiro atoms. The third kappa shape index (κ3) is 3.16. The summed E-state index contributed by atoms with van der Waals surface area (Å²) in [4.78, 5) is 16.9. The van der Waals surface area contributed by atoms with Crippen LogP contribution < -0.4 is 5.32 Å². The van der Waals surface area contributed by atoms with Crippen LogP contribution in [0.1, 0.15) is 18.5 Å².